The largest absolute Gasteiger partial charge is 0.353 e. The highest BCUT2D eigenvalue weighted by Crippen LogP contribution is 2.08. The maximum atomic E-state index is 12.0. The average Bonchev–Trinajstić information content (AvgIpc) is 2.38. The fourth-order valence-corrected chi connectivity index (χ4v) is 1.74. The minimum absolute atomic E-state index is 0.0736. The van der Waals surface area contributed by atoms with E-state index in [1.54, 1.807) is 18.2 Å². The van der Waals surface area contributed by atoms with Crippen LogP contribution in [0.4, 0.5) is 0 Å². The Hall–Kier alpha value is -2.17. The van der Waals surface area contributed by atoms with Gasteiger partial charge in [-0.15, -0.1) is 0 Å². The average molecular weight is 232 g/mol. The summed E-state index contributed by atoms with van der Waals surface area (Å²) in [5.74, 6) is -0.375. The molecule has 88 valence electrons. The number of aldehydes is 1. The lowest BCUT2D eigenvalue weighted by Crippen LogP contribution is -2.49. The van der Waals surface area contributed by atoms with Crippen molar-refractivity contribution in [2.75, 3.05) is 19.6 Å². The smallest absolute Gasteiger partial charge is 0.254 e. The molecule has 1 aromatic rings. The van der Waals surface area contributed by atoms with E-state index in [1.165, 1.54) is 11.0 Å². The quantitative estimate of drug-likeness (QED) is 0.734. The van der Waals surface area contributed by atoms with Gasteiger partial charge >= 0.3 is 0 Å². The molecule has 1 aliphatic rings. The second-order valence-corrected chi connectivity index (χ2v) is 3.82. The number of carbonyl (C=O) groups excluding carboxylic acids is 3. The minimum atomic E-state index is -0.219. The summed E-state index contributed by atoms with van der Waals surface area (Å²) < 4.78 is 0. The van der Waals surface area contributed by atoms with Gasteiger partial charge in [-0.25, -0.2) is 0 Å². The van der Waals surface area contributed by atoms with E-state index in [2.05, 4.69) is 5.32 Å². The van der Waals surface area contributed by atoms with Crippen molar-refractivity contribution in [2.45, 2.75) is 0 Å². The molecule has 0 saturated carbocycles. The van der Waals surface area contributed by atoms with Crippen LogP contribution in [0.3, 0.4) is 0 Å². The molecule has 5 heteroatoms. The van der Waals surface area contributed by atoms with Crippen molar-refractivity contribution in [3.63, 3.8) is 0 Å². The first kappa shape index (κ1) is 11.3. The lowest BCUT2D eigenvalue weighted by molar-refractivity contribution is -0.123. The molecule has 1 aromatic carbocycles. The Morgan fingerprint density at radius 2 is 2.24 bits per heavy atom. The molecule has 0 spiro atoms. The minimum Gasteiger partial charge on any atom is -0.353 e. The molecule has 0 unspecified atom stereocenters. The highest BCUT2D eigenvalue weighted by molar-refractivity contribution is 5.98. The molecule has 5 nitrogen and oxygen atoms in total. The normalized spacial score (nSPS) is 15.3. The predicted molar refractivity (Wildman–Crippen MR) is 60.7 cm³/mol. The Bertz CT molecular complexity index is 471. The van der Waals surface area contributed by atoms with Crippen molar-refractivity contribution >= 4 is 18.1 Å². The molecule has 2 rings (SSSR count). The first-order chi connectivity index (χ1) is 8.20. The van der Waals surface area contributed by atoms with Crippen molar-refractivity contribution < 1.29 is 14.4 Å². The van der Waals surface area contributed by atoms with Gasteiger partial charge in [0, 0.05) is 24.2 Å². The number of carbonyl (C=O) groups is 3. The molecule has 1 saturated heterocycles. The van der Waals surface area contributed by atoms with Crippen LogP contribution in [0, 0.1) is 0 Å². The molecule has 0 aromatic heterocycles. The van der Waals surface area contributed by atoms with Crippen molar-refractivity contribution in [3.8, 4) is 0 Å². The van der Waals surface area contributed by atoms with E-state index in [0.29, 0.717) is 30.5 Å². The summed E-state index contributed by atoms with van der Waals surface area (Å²) >= 11 is 0. The highest BCUT2D eigenvalue weighted by Gasteiger charge is 2.22. The van der Waals surface area contributed by atoms with Gasteiger partial charge in [-0.05, 0) is 12.1 Å². The zero-order valence-corrected chi connectivity index (χ0v) is 9.18. The number of amides is 2. The highest BCUT2D eigenvalue weighted by atomic mass is 16.2. The molecular weight excluding hydrogens is 220 g/mol. The summed E-state index contributed by atoms with van der Waals surface area (Å²) in [4.78, 5) is 35.3. The predicted octanol–water partition coefficient (Wildman–Crippen LogP) is 0.0711. The number of rotatable bonds is 2. The maximum absolute atomic E-state index is 12.0. The first-order valence-electron chi connectivity index (χ1n) is 5.32. The summed E-state index contributed by atoms with van der Waals surface area (Å²) in [5, 5.41) is 2.65. The number of hydrogen-bond donors (Lipinski definition) is 1. The van der Waals surface area contributed by atoms with Crippen LogP contribution in [-0.2, 0) is 4.79 Å². The molecule has 0 atom stereocenters. The Morgan fingerprint density at radius 3 is 2.94 bits per heavy atom. The van der Waals surface area contributed by atoms with Crippen LogP contribution in [0.1, 0.15) is 20.7 Å². The SMILES string of the molecule is O=Cc1cccc(C(=O)N2CCNC(=O)C2)c1. The fourth-order valence-electron chi connectivity index (χ4n) is 1.74. The summed E-state index contributed by atoms with van der Waals surface area (Å²) in [6, 6.07) is 6.46. The van der Waals surface area contributed by atoms with Gasteiger partial charge in [0.25, 0.3) is 5.91 Å². The summed E-state index contributed by atoms with van der Waals surface area (Å²) in [7, 11) is 0. The van der Waals surface area contributed by atoms with Crippen LogP contribution in [0.25, 0.3) is 0 Å². The van der Waals surface area contributed by atoms with Gasteiger partial charge in [-0.1, -0.05) is 12.1 Å². The van der Waals surface area contributed by atoms with Crippen LogP contribution >= 0.6 is 0 Å². The molecule has 0 bridgehead atoms. The van der Waals surface area contributed by atoms with Gasteiger partial charge in [0.1, 0.15) is 6.29 Å². The van der Waals surface area contributed by atoms with E-state index in [9.17, 15) is 14.4 Å². The van der Waals surface area contributed by atoms with E-state index in [-0.39, 0.29) is 18.4 Å². The third kappa shape index (κ3) is 2.50. The van der Waals surface area contributed by atoms with E-state index >= 15 is 0 Å². The summed E-state index contributed by atoms with van der Waals surface area (Å²) in [6.45, 7) is 1.04. The zero-order chi connectivity index (χ0) is 12.3. The van der Waals surface area contributed by atoms with Crippen LogP contribution < -0.4 is 5.32 Å². The standard InChI is InChI=1S/C12H12N2O3/c15-8-9-2-1-3-10(6-9)12(17)14-5-4-13-11(16)7-14/h1-3,6,8H,4-5,7H2,(H,13,16). The van der Waals surface area contributed by atoms with E-state index in [0.717, 1.165) is 0 Å². The molecule has 0 aliphatic carbocycles. The van der Waals surface area contributed by atoms with Crippen molar-refractivity contribution in [2.24, 2.45) is 0 Å². The Labute approximate surface area is 98.4 Å². The number of nitrogens with one attached hydrogen (secondary N) is 1. The molecule has 1 aliphatic heterocycles. The molecular formula is C12H12N2O3. The lowest BCUT2D eigenvalue weighted by atomic mass is 10.1. The molecule has 2 amide bonds. The Morgan fingerprint density at radius 1 is 1.41 bits per heavy atom. The zero-order valence-electron chi connectivity index (χ0n) is 9.18. The van der Waals surface area contributed by atoms with E-state index in [1.807, 2.05) is 0 Å². The Balaban J connectivity index is 2.18. The topological polar surface area (TPSA) is 66.5 Å². The summed E-state index contributed by atoms with van der Waals surface area (Å²) in [5.41, 5.74) is 0.890. The molecule has 1 N–H and O–H groups in total. The second kappa shape index (κ2) is 4.78. The van der Waals surface area contributed by atoms with Crippen molar-refractivity contribution in [3.05, 3.63) is 35.4 Å². The summed E-state index contributed by atoms with van der Waals surface area (Å²) in [6.07, 6.45) is 0.694. The molecule has 0 radical (unpaired) electrons. The monoisotopic (exact) mass is 232 g/mol. The van der Waals surface area contributed by atoms with Gasteiger partial charge in [0.05, 0.1) is 6.54 Å². The van der Waals surface area contributed by atoms with Gasteiger partial charge in [0.15, 0.2) is 0 Å². The third-order valence-corrected chi connectivity index (χ3v) is 2.60. The molecule has 17 heavy (non-hydrogen) atoms. The van der Waals surface area contributed by atoms with Crippen LogP contribution in [-0.4, -0.2) is 42.6 Å². The number of hydrogen-bond acceptors (Lipinski definition) is 3. The van der Waals surface area contributed by atoms with Gasteiger partial charge in [-0.2, -0.15) is 0 Å². The Kier molecular flexibility index (Phi) is 3.18. The van der Waals surface area contributed by atoms with E-state index in [4.69, 9.17) is 0 Å². The maximum Gasteiger partial charge on any atom is 0.254 e. The first-order valence-corrected chi connectivity index (χ1v) is 5.32. The molecule has 1 fully saturated rings. The number of benzene rings is 1. The van der Waals surface area contributed by atoms with Crippen molar-refractivity contribution in [1.29, 1.82) is 0 Å². The third-order valence-electron chi connectivity index (χ3n) is 2.60. The van der Waals surface area contributed by atoms with Crippen LogP contribution in [0.2, 0.25) is 0 Å². The lowest BCUT2D eigenvalue weighted by Gasteiger charge is -2.26. The van der Waals surface area contributed by atoms with Crippen LogP contribution in [0.5, 0.6) is 0 Å². The van der Waals surface area contributed by atoms with Crippen LogP contribution in [0.15, 0.2) is 24.3 Å². The van der Waals surface area contributed by atoms with E-state index < -0.39 is 0 Å². The molecule has 1 heterocycles. The van der Waals surface area contributed by atoms with Gasteiger partial charge < -0.3 is 10.2 Å². The van der Waals surface area contributed by atoms with Gasteiger partial charge in [0.2, 0.25) is 5.91 Å². The van der Waals surface area contributed by atoms with Crippen molar-refractivity contribution in [1.82, 2.24) is 10.2 Å². The number of piperazine rings is 1. The fraction of sp³-hybridized carbons (Fsp3) is 0.250. The second-order valence-electron chi connectivity index (χ2n) is 3.82. The van der Waals surface area contributed by atoms with Gasteiger partial charge in [-0.3, -0.25) is 14.4 Å². The number of nitrogens with zero attached hydrogens (tertiary/aromatic N) is 1.